The Balaban J connectivity index is 3.21. The zero-order valence-corrected chi connectivity index (χ0v) is 13.0. The SMILES string of the molecule is COC(=O)c1cc(Cl)ccc1S(=O)(=O)NCC(C)(C)N. The standard InChI is InChI=1S/C12H17ClN2O4S/c1-12(2,14)7-15-20(17,18)10-5-4-8(13)6-9(10)11(16)19-3/h4-6,15H,7,14H2,1-3H3. The summed E-state index contributed by atoms with van der Waals surface area (Å²) in [6.45, 7) is 3.38. The number of hydrogen-bond acceptors (Lipinski definition) is 5. The molecule has 20 heavy (non-hydrogen) atoms. The molecule has 0 amide bonds. The van der Waals surface area contributed by atoms with E-state index in [1.807, 2.05) is 0 Å². The third kappa shape index (κ3) is 4.45. The molecular formula is C12H17ClN2O4S. The minimum atomic E-state index is -3.89. The first-order chi connectivity index (χ1) is 9.07. The minimum absolute atomic E-state index is 0.0264. The second kappa shape index (κ2) is 6.09. The average Bonchev–Trinajstić information content (AvgIpc) is 2.34. The number of hydrogen-bond donors (Lipinski definition) is 2. The Bertz CT molecular complexity index is 608. The number of nitrogens with one attached hydrogen (secondary N) is 1. The van der Waals surface area contributed by atoms with Crippen LogP contribution in [0.15, 0.2) is 23.1 Å². The molecule has 0 spiro atoms. The largest absolute Gasteiger partial charge is 0.465 e. The molecule has 0 aliphatic heterocycles. The normalized spacial score (nSPS) is 12.2. The van der Waals surface area contributed by atoms with Crippen molar-refractivity contribution in [3.8, 4) is 0 Å². The number of benzene rings is 1. The molecule has 112 valence electrons. The maximum absolute atomic E-state index is 12.2. The van der Waals surface area contributed by atoms with E-state index in [1.165, 1.54) is 18.2 Å². The van der Waals surface area contributed by atoms with Gasteiger partial charge >= 0.3 is 5.97 Å². The summed E-state index contributed by atoms with van der Waals surface area (Å²) in [7, 11) is -2.72. The highest BCUT2D eigenvalue weighted by molar-refractivity contribution is 7.89. The van der Waals surface area contributed by atoms with E-state index in [0.717, 1.165) is 7.11 Å². The van der Waals surface area contributed by atoms with Crippen LogP contribution in [-0.2, 0) is 14.8 Å². The average molecular weight is 321 g/mol. The lowest BCUT2D eigenvalue weighted by molar-refractivity contribution is 0.0596. The third-order valence-corrected chi connectivity index (χ3v) is 4.05. The number of sulfonamides is 1. The number of methoxy groups -OCH3 is 1. The van der Waals surface area contributed by atoms with Crippen LogP contribution in [0.25, 0.3) is 0 Å². The Morgan fingerprint density at radius 3 is 2.55 bits per heavy atom. The summed E-state index contributed by atoms with van der Waals surface area (Å²) in [6.07, 6.45) is 0. The number of esters is 1. The molecule has 0 aromatic heterocycles. The molecule has 1 aromatic carbocycles. The van der Waals surface area contributed by atoms with Crippen LogP contribution in [-0.4, -0.2) is 33.6 Å². The Labute approximate surface area is 123 Å². The van der Waals surface area contributed by atoms with Crippen molar-refractivity contribution in [3.05, 3.63) is 28.8 Å². The Hall–Kier alpha value is -1.15. The van der Waals surface area contributed by atoms with Gasteiger partial charge in [0.15, 0.2) is 0 Å². The number of rotatable bonds is 5. The van der Waals surface area contributed by atoms with Crippen molar-refractivity contribution >= 4 is 27.6 Å². The van der Waals surface area contributed by atoms with Gasteiger partial charge in [0, 0.05) is 17.1 Å². The van der Waals surface area contributed by atoms with Gasteiger partial charge in [-0.25, -0.2) is 17.9 Å². The van der Waals surface area contributed by atoms with Crippen LogP contribution in [0.3, 0.4) is 0 Å². The van der Waals surface area contributed by atoms with E-state index in [4.69, 9.17) is 17.3 Å². The quantitative estimate of drug-likeness (QED) is 0.793. The zero-order chi connectivity index (χ0) is 15.6. The van der Waals surface area contributed by atoms with Gasteiger partial charge in [0.25, 0.3) is 0 Å². The van der Waals surface area contributed by atoms with E-state index in [-0.39, 0.29) is 22.0 Å². The summed E-state index contributed by atoms with van der Waals surface area (Å²) < 4.78 is 31.3. The van der Waals surface area contributed by atoms with Crippen LogP contribution in [0.4, 0.5) is 0 Å². The van der Waals surface area contributed by atoms with Gasteiger partial charge in [-0.05, 0) is 32.0 Å². The number of halogens is 1. The molecule has 0 aliphatic rings. The highest BCUT2D eigenvalue weighted by atomic mass is 35.5. The van der Waals surface area contributed by atoms with E-state index in [0.29, 0.717) is 0 Å². The molecule has 1 rings (SSSR count). The number of nitrogens with two attached hydrogens (primary N) is 1. The van der Waals surface area contributed by atoms with Crippen LogP contribution in [0.1, 0.15) is 24.2 Å². The van der Waals surface area contributed by atoms with Gasteiger partial charge in [-0.15, -0.1) is 0 Å². The monoisotopic (exact) mass is 320 g/mol. The number of carbonyl (C=O) groups excluding carboxylic acids is 1. The van der Waals surface area contributed by atoms with Crippen molar-refractivity contribution in [1.29, 1.82) is 0 Å². The Morgan fingerprint density at radius 1 is 1.45 bits per heavy atom. The van der Waals surface area contributed by atoms with Gasteiger partial charge in [0.2, 0.25) is 10.0 Å². The highest BCUT2D eigenvalue weighted by Gasteiger charge is 2.25. The summed E-state index contributed by atoms with van der Waals surface area (Å²) >= 11 is 5.77. The van der Waals surface area contributed by atoms with Crippen LogP contribution in [0, 0.1) is 0 Å². The summed E-state index contributed by atoms with van der Waals surface area (Å²) in [4.78, 5) is 11.4. The second-order valence-corrected chi connectivity index (χ2v) is 7.12. The van der Waals surface area contributed by atoms with Crippen LogP contribution < -0.4 is 10.5 Å². The van der Waals surface area contributed by atoms with Gasteiger partial charge in [-0.3, -0.25) is 0 Å². The van der Waals surface area contributed by atoms with Crippen LogP contribution in [0.5, 0.6) is 0 Å². The highest BCUT2D eigenvalue weighted by Crippen LogP contribution is 2.21. The zero-order valence-electron chi connectivity index (χ0n) is 11.4. The predicted octanol–water partition coefficient (Wildman–Crippen LogP) is 1.14. The van der Waals surface area contributed by atoms with Crippen molar-refractivity contribution in [2.75, 3.05) is 13.7 Å². The summed E-state index contributed by atoms with van der Waals surface area (Å²) in [5, 5.41) is 0.239. The molecule has 3 N–H and O–H groups in total. The molecule has 0 saturated heterocycles. The number of carbonyl (C=O) groups is 1. The lowest BCUT2D eigenvalue weighted by Crippen LogP contribution is -2.45. The summed E-state index contributed by atoms with van der Waals surface area (Å²) in [6, 6.07) is 3.88. The van der Waals surface area contributed by atoms with Gasteiger partial charge in [-0.2, -0.15) is 0 Å². The van der Waals surface area contributed by atoms with Crippen molar-refractivity contribution in [1.82, 2.24) is 4.72 Å². The fourth-order valence-electron chi connectivity index (χ4n) is 1.36. The maximum atomic E-state index is 12.2. The summed E-state index contributed by atoms with van der Waals surface area (Å²) in [5.41, 5.74) is 4.89. The molecule has 0 saturated carbocycles. The van der Waals surface area contributed by atoms with E-state index < -0.39 is 21.5 Å². The summed E-state index contributed by atoms with van der Waals surface area (Å²) in [5.74, 6) is -0.778. The van der Waals surface area contributed by atoms with E-state index in [9.17, 15) is 13.2 Å². The molecule has 0 heterocycles. The first kappa shape index (κ1) is 16.9. The fraction of sp³-hybridized carbons (Fsp3) is 0.417. The third-order valence-electron chi connectivity index (χ3n) is 2.35. The van der Waals surface area contributed by atoms with Gasteiger partial charge in [-0.1, -0.05) is 11.6 Å². The smallest absolute Gasteiger partial charge is 0.339 e. The molecule has 0 radical (unpaired) electrons. The first-order valence-corrected chi connectivity index (χ1v) is 7.59. The molecular weight excluding hydrogens is 304 g/mol. The molecule has 0 aliphatic carbocycles. The second-order valence-electron chi connectivity index (χ2n) is 4.95. The topological polar surface area (TPSA) is 98.5 Å². The Kier molecular flexibility index (Phi) is 5.15. The van der Waals surface area contributed by atoms with E-state index >= 15 is 0 Å². The van der Waals surface area contributed by atoms with Gasteiger partial charge < -0.3 is 10.5 Å². The van der Waals surface area contributed by atoms with Gasteiger partial charge in [0.1, 0.15) is 0 Å². The van der Waals surface area contributed by atoms with Crippen LogP contribution in [0.2, 0.25) is 5.02 Å². The van der Waals surface area contributed by atoms with Crippen LogP contribution >= 0.6 is 11.6 Å². The maximum Gasteiger partial charge on any atom is 0.339 e. The lowest BCUT2D eigenvalue weighted by atomic mass is 10.1. The minimum Gasteiger partial charge on any atom is -0.465 e. The molecule has 0 bridgehead atoms. The molecule has 1 aromatic rings. The van der Waals surface area contributed by atoms with Crippen molar-refractivity contribution in [2.24, 2.45) is 5.73 Å². The number of ether oxygens (including phenoxy) is 1. The molecule has 8 heteroatoms. The van der Waals surface area contributed by atoms with Crippen molar-refractivity contribution < 1.29 is 17.9 Å². The molecule has 0 atom stereocenters. The fourth-order valence-corrected chi connectivity index (χ4v) is 2.93. The molecule has 0 fully saturated rings. The van der Waals surface area contributed by atoms with E-state index in [1.54, 1.807) is 13.8 Å². The Morgan fingerprint density at radius 2 is 2.05 bits per heavy atom. The molecule has 6 nitrogen and oxygen atoms in total. The predicted molar refractivity (Wildman–Crippen MR) is 76.2 cm³/mol. The first-order valence-electron chi connectivity index (χ1n) is 5.73. The molecule has 0 unspecified atom stereocenters. The van der Waals surface area contributed by atoms with Crippen molar-refractivity contribution in [3.63, 3.8) is 0 Å². The van der Waals surface area contributed by atoms with E-state index in [2.05, 4.69) is 9.46 Å². The van der Waals surface area contributed by atoms with Gasteiger partial charge in [0.05, 0.1) is 17.6 Å². The van der Waals surface area contributed by atoms with Crippen molar-refractivity contribution in [2.45, 2.75) is 24.3 Å². The lowest BCUT2D eigenvalue weighted by Gasteiger charge is -2.19.